The Morgan fingerprint density at radius 1 is 1.19 bits per heavy atom. The largest absolute Gasteiger partial charge is 0.573 e. The average molecular weight is 339 g/mol. The molecule has 0 bridgehead atoms. The van der Waals surface area contributed by atoms with Crippen molar-refractivity contribution in [3.05, 3.63) is 34.0 Å². The number of nitrogens with zero attached hydrogens (tertiary/aromatic N) is 1. The molecule has 0 fully saturated rings. The number of fused-ring (bicyclic) bond motifs is 1. The van der Waals surface area contributed by atoms with Gasteiger partial charge in [0.2, 0.25) is 0 Å². The molecule has 2 aromatic rings. The first-order valence-electron chi connectivity index (χ1n) is 4.26. The molecule has 16 heavy (non-hydrogen) atoms. The van der Waals surface area contributed by atoms with Crippen molar-refractivity contribution in [3.8, 4) is 5.75 Å². The Kier molecular flexibility index (Phi) is 2.92. The molecule has 1 heterocycles. The summed E-state index contributed by atoms with van der Waals surface area (Å²) < 4.78 is 40.7. The molecule has 0 atom stereocenters. The summed E-state index contributed by atoms with van der Waals surface area (Å²) in [7, 11) is 0. The lowest BCUT2D eigenvalue weighted by molar-refractivity contribution is -0.274. The van der Waals surface area contributed by atoms with Crippen LogP contribution in [0.25, 0.3) is 10.9 Å². The third-order valence-electron chi connectivity index (χ3n) is 1.89. The quantitative estimate of drug-likeness (QED) is 0.739. The molecule has 2 rings (SSSR count). The maximum Gasteiger partial charge on any atom is 0.573 e. The van der Waals surface area contributed by atoms with Crippen molar-refractivity contribution in [1.82, 2.24) is 4.98 Å². The molecule has 0 saturated heterocycles. The highest BCUT2D eigenvalue weighted by atomic mass is 127. The van der Waals surface area contributed by atoms with Gasteiger partial charge in [0.05, 0.1) is 5.52 Å². The van der Waals surface area contributed by atoms with E-state index in [0.29, 0.717) is 10.9 Å². The van der Waals surface area contributed by atoms with Crippen LogP contribution in [-0.4, -0.2) is 11.3 Å². The molecule has 0 aliphatic carbocycles. The minimum atomic E-state index is -4.67. The Morgan fingerprint density at radius 3 is 2.62 bits per heavy atom. The van der Waals surface area contributed by atoms with E-state index in [1.807, 2.05) is 22.6 Å². The van der Waals surface area contributed by atoms with Crippen LogP contribution in [0, 0.1) is 3.57 Å². The summed E-state index contributed by atoms with van der Waals surface area (Å²) in [6.07, 6.45) is -3.06. The molecule has 0 aliphatic rings. The monoisotopic (exact) mass is 339 g/mol. The SMILES string of the molecule is FC(F)(F)Oc1ccc2nccc(I)c2c1. The molecule has 0 amide bonds. The molecule has 0 radical (unpaired) electrons. The number of aromatic nitrogens is 1. The topological polar surface area (TPSA) is 22.1 Å². The van der Waals surface area contributed by atoms with Crippen molar-refractivity contribution in [2.75, 3.05) is 0 Å². The van der Waals surface area contributed by atoms with Crippen molar-refractivity contribution in [2.24, 2.45) is 0 Å². The van der Waals surface area contributed by atoms with Crippen molar-refractivity contribution in [2.45, 2.75) is 6.36 Å². The maximum absolute atomic E-state index is 12.0. The number of pyridine rings is 1. The summed E-state index contributed by atoms with van der Waals surface area (Å²) in [6.45, 7) is 0. The van der Waals surface area contributed by atoms with Gasteiger partial charge in [0.25, 0.3) is 0 Å². The first-order valence-corrected chi connectivity index (χ1v) is 5.33. The lowest BCUT2D eigenvalue weighted by Crippen LogP contribution is -2.17. The van der Waals surface area contributed by atoms with Gasteiger partial charge in [-0.2, -0.15) is 0 Å². The van der Waals surface area contributed by atoms with E-state index in [4.69, 9.17) is 0 Å². The van der Waals surface area contributed by atoms with Gasteiger partial charge in [-0.05, 0) is 46.9 Å². The summed E-state index contributed by atoms with van der Waals surface area (Å²) in [6, 6.07) is 5.80. The van der Waals surface area contributed by atoms with Gasteiger partial charge in [-0.1, -0.05) is 0 Å². The van der Waals surface area contributed by atoms with Crippen molar-refractivity contribution < 1.29 is 17.9 Å². The van der Waals surface area contributed by atoms with Gasteiger partial charge in [-0.25, -0.2) is 0 Å². The molecule has 6 heteroatoms. The number of hydrogen-bond donors (Lipinski definition) is 0. The summed E-state index contributed by atoms with van der Waals surface area (Å²) in [5.41, 5.74) is 0.640. The summed E-state index contributed by atoms with van der Waals surface area (Å²) >= 11 is 2.04. The summed E-state index contributed by atoms with van der Waals surface area (Å²) in [4.78, 5) is 4.04. The van der Waals surface area contributed by atoms with Crippen LogP contribution < -0.4 is 4.74 Å². The van der Waals surface area contributed by atoms with Gasteiger partial charge < -0.3 is 4.74 Å². The second-order valence-corrected chi connectivity index (χ2v) is 4.18. The van der Waals surface area contributed by atoms with Crippen LogP contribution in [0.4, 0.5) is 13.2 Å². The molecule has 0 saturated carbocycles. The fraction of sp³-hybridized carbons (Fsp3) is 0.100. The Balaban J connectivity index is 2.47. The van der Waals surface area contributed by atoms with Crippen LogP contribution in [0.1, 0.15) is 0 Å². The standard InChI is InChI=1S/C10H5F3INO/c11-10(12,13)16-6-1-2-9-7(5-6)8(14)3-4-15-9/h1-5H. The minimum Gasteiger partial charge on any atom is -0.406 e. The second-order valence-electron chi connectivity index (χ2n) is 3.02. The zero-order valence-electron chi connectivity index (χ0n) is 7.75. The Morgan fingerprint density at radius 2 is 1.94 bits per heavy atom. The first kappa shape index (κ1) is 11.4. The van der Waals surface area contributed by atoms with E-state index in [-0.39, 0.29) is 5.75 Å². The third-order valence-corrected chi connectivity index (χ3v) is 2.83. The van der Waals surface area contributed by atoms with Gasteiger partial charge in [-0.15, -0.1) is 13.2 Å². The smallest absolute Gasteiger partial charge is 0.406 e. The zero-order valence-corrected chi connectivity index (χ0v) is 9.91. The second kappa shape index (κ2) is 4.08. The molecular weight excluding hydrogens is 334 g/mol. The Labute approximate surface area is 103 Å². The molecule has 0 unspecified atom stereocenters. The van der Waals surface area contributed by atoms with E-state index < -0.39 is 6.36 Å². The van der Waals surface area contributed by atoms with Crippen LogP contribution in [0.2, 0.25) is 0 Å². The molecule has 0 N–H and O–H groups in total. The number of benzene rings is 1. The van der Waals surface area contributed by atoms with E-state index in [0.717, 1.165) is 3.57 Å². The van der Waals surface area contributed by atoms with Crippen LogP contribution in [0.15, 0.2) is 30.5 Å². The fourth-order valence-corrected chi connectivity index (χ4v) is 1.88. The van der Waals surface area contributed by atoms with E-state index in [2.05, 4.69) is 9.72 Å². The molecule has 0 aliphatic heterocycles. The minimum absolute atomic E-state index is 0.231. The molecular formula is C10H5F3INO. The predicted octanol–water partition coefficient (Wildman–Crippen LogP) is 3.74. The predicted molar refractivity (Wildman–Crippen MR) is 61.1 cm³/mol. The lowest BCUT2D eigenvalue weighted by atomic mass is 10.2. The Hall–Kier alpha value is -1.05. The third kappa shape index (κ3) is 2.55. The molecule has 1 aromatic heterocycles. The average Bonchev–Trinajstić information content (AvgIpc) is 2.17. The van der Waals surface area contributed by atoms with E-state index in [9.17, 15) is 13.2 Å². The van der Waals surface area contributed by atoms with Crippen molar-refractivity contribution in [1.29, 1.82) is 0 Å². The highest BCUT2D eigenvalue weighted by molar-refractivity contribution is 14.1. The maximum atomic E-state index is 12.0. The number of rotatable bonds is 1. The zero-order chi connectivity index (χ0) is 11.8. The number of ether oxygens (including phenoxy) is 1. The van der Waals surface area contributed by atoms with Gasteiger partial charge in [0.15, 0.2) is 0 Å². The Bertz CT molecular complexity index is 527. The molecule has 2 nitrogen and oxygen atoms in total. The number of halogens is 4. The van der Waals surface area contributed by atoms with E-state index in [1.54, 1.807) is 12.3 Å². The normalized spacial score (nSPS) is 11.8. The van der Waals surface area contributed by atoms with E-state index in [1.165, 1.54) is 18.2 Å². The summed E-state index contributed by atoms with van der Waals surface area (Å²) in [5.74, 6) is -0.231. The van der Waals surface area contributed by atoms with Crippen LogP contribution in [0.5, 0.6) is 5.75 Å². The van der Waals surface area contributed by atoms with Crippen molar-refractivity contribution in [3.63, 3.8) is 0 Å². The van der Waals surface area contributed by atoms with Gasteiger partial charge >= 0.3 is 6.36 Å². The highest BCUT2D eigenvalue weighted by Crippen LogP contribution is 2.27. The van der Waals surface area contributed by atoms with Crippen LogP contribution in [-0.2, 0) is 0 Å². The van der Waals surface area contributed by atoms with E-state index >= 15 is 0 Å². The van der Waals surface area contributed by atoms with Gasteiger partial charge in [-0.3, -0.25) is 4.98 Å². The fourth-order valence-electron chi connectivity index (χ4n) is 1.29. The number of hydrogen-bond acceptors (Lipinski definition) is 2. The first-order chi connectivity index (χ1) is 7.46. The highest BCUT2D eigenvalue weighted by Gasteiger charge is 2.31. The number of alkyl halides is 3. The van der Waals surface area contributed by atoms with Crippen LogP contribution in [0.3, 0.4) is 0 Å². The van der Waals surface area contributed by atoms with Crippen molar-refractivity contribution >= 4 is 33.5 Å². The van der Waals surface area contributed by atoms with Gasteiger partial charge in [0, 0.05) is 15.2 Å². The summed E-state index contributed by atoms with van der Waals surface area (Å²) in [5, 5.41) is 0.643. The van der Waals surface area contributed by atoms with Gasteiger partial charge in [0.1, 0.15) is 5.75 Å². The molecule has 0 spiro atoms. The molecule has 1 aromatic carbocycles. The molecule has 84 valence electrons. The van der Waals surface area contributed by atoms with Crippen LogP contribution >= 0.6 is 22.6 Å². The lowest BCUT2D eigenvalue weighted by Gasteiger charge is -2.09.